The van der Waals surface area contributed by atoms with Gasteiger partial charge in [0.1, 0.15) is 6.04 Å². The van der Waals surface area contributed by atoms with E-state index in [-0.39, 0.29) is 6.04 Å². The molecule has 2 fully saturated rings. The number of carboxylic acids is 1. The standard InChI is InChI=1S/C9H15NO2/c11-9(12)8-5-1-3-7-4-2-6-10(7)8/h7-8H,1-6H2,(H,11,12)/t7-,8-/m0/s1. The molecule has 2 aliphatic heterocycles. The van der Waals surface area contributed by atoms with E-state index in [1.807, 2.05) is 0 Å². The number of fused-ring (bicyclic) bond motifs is 1. The second-order valence-electron chi connectivity index (χ2n) is 3.82. The van der Waals surface area contributed by atoms with Crippen LogP contribution in [-0.4, -0.2) is 34.6 Å². The van der Waals surface area contributed by atoms with E-state index in [2.05, 4.69) is 4.90 Å². The number of nitrogens with zero attached hydrogens (tertiary/aromatic N) is 1. The topological polar surface area (TPSA) is 40.5 Å². The van der Waals surface area contributed by atoms with Crippen LogP contribution in [-0.2, 0) is 4.79 Å². The molecule has 2 heterocycles. The maximum absolute atomic E-state index is 10.9. The van der Waals surface area contributed by atoms with Gasteiger partial charge in [-0.25, -0.2) is 0 Å². The first-order chi connectivity index (χ1) is 5.79. The SMILES string of the molecule is O=C(O)[C@@H]1CCC[C@H]2CCCN21. The van der Waals surface area contributed by atoms with Crippen molar-refractivity contribution < 1.29 is 9.90 Å². The normalized spacial score (nSPS) is 36.3. The van der Waals surface area contributed by atoms with Crippen molar-refractivity contribution in [2.75, 3.05) is 6.54 Å². The fourth-order valence-corrected chi connectivity index (χ4v) is 2.56. The Balaban J connectivity index is 2.08. The van der Waals surface area contributed by atoms with Gasteiger partial charge < -0.3 is 5.11 Å². The van der Waals surface area contributed by atoms with Crippen molar-refractivity contribution in [1.29, 1.82) is 0 Å². The van der Waals surface area contributed by atoms with E-state index in [0.717, 1.165) is 19.4 Å². The predicted octanol–water partition coefficient (Wildman–Crippen LogP) is 1.09. The molecule has 0 bridgehead atoms. The van der Waals surface area contributed by atoms with Crippen molar-refractivity contribution >= 4 is 5.97 Å². The summed E-state index contributed by atoms with van der Waals surface area (Å²) in [4.78, 5) is 13.0. The molecule has 2 saturated heterocycles. The first-order valence-electron chi connectivity index (χ1n) is 4.77. The summed E-state index contributed by atoms with van der Waals surface area (Å²) in [5.74, 6) is -0.624. The Bertz CT molecular complexity index is 193. The summed E-state index contributed by atoms with van der Waals surface area (Å²) in [6.07, 6.45) is 5.56. The summed E-state index contributed by atoms with van der Waals surface area (Å²) in [6, 6.07) is 0.408. The van der Waals surface area contributed by atoms with Gasteiger partial charge in [-0.05, 0) is 38.6 Å². The van der Waals surface area contributed by atoms with Crippen molar-refractivity contribution in [3.8, 4) is 0 Å². The van der Waals surface area contributed by atoms with Crippen molar-refractivity contribution in [2.24, 2.45) is 0 Å². The monoisotopic (exact) mass is 169 g/mol. The predicted molar refractivity (Wildman–Crippen MR) is 45.0 cm³/mol. The van der Waals surface area contributed by atoms with Gasteiger partial charge in [-0.3, -0.25) is 9.69 Å². The van der Waals surface area contributed by atoms with E-state index < -0.39 is 5.97 Å². The minimum Gasteiger partial charge on any atom is -0.480 e. The summed E-state index contributed by atoms with van der Waals surface area (Å²) in [5, 5.41) is 8.94. The molecule has 0 spiro atoms. The van der Waals surface area contributed by atoms with Crippen molar-refractivity contribution in [3.05, 3.63) is 0 Å². The molecule has 2 rings (SSSR count). The number of hydrogen-bond acceptors (Lipinski definition) is 2. The fraction of sp³-hybridized carbons (Fsp3) is 0.889. The van der Waals surface area contributed by atoms with E-state index in [9.17, 15) is 4.79 Å². The van der Waals surface area contributed by atoms with Gasteiger partial charge in [-0.1, -0.05) is 0 Å². The first kappa shape index (κ1) is 8.05. The second kappa shape index (κ2) is 3.05. The molecule has 3 nitrogen and oxygen atoms in total. The van der Waals surface area contributed by atoms with E-state index >= 15 is 0 Å². The zero-order valence-electron chi connectivity index (χ0n) is 7.20. The van der Waals surface area contributed by atoms with E-state index in [1.165, 1.54) is 19.3 Å². The van der Waals surface area contributed by atoms with Gasteiger partial charge in [-0.2, -0.15) is 0 Å². The highest BCUT2D eigenvalue weighted by Gasteiger charge is 2.37. The Morgan fingerprint density at radius 3 is 2.75 bits per heavy atom. The maximum Gasteiger partial charge on any atom is 0.320 e. The molecule has 2 atom stereocenters. The minimum absolute atomic E-state index is 0.175. The third kappa shape index (κ3) is 1.22. The Morgan fingerprint density at radius 2 is 2.00 bits per heavy atom. The van der Waals surface area contributed by atoms with Gasteiger partial charge >= 0.3 is 5.97 Å². The van der Waals surface area contributed by atoms with Crippen LogP contribution in [0.3, 0.4) is 0 Å². The lowest BCUT2D eigenvalue weighted by Crippen LogP contribution is -2.46. The molecule has 0 aliphatic carbocycles. The molecular formula is C9H15NO2. The smallest absolute Gasteiger partial charge is 0.320 e. The number of rotatable bonds is 1. The van der Waals surface area contributed by atoms with Gasteiger partial charge in [0, 0.05) is 6.04 Å². The van der Waals surface area contributed by atoms with Gasteiger partial charge in [0.2, 0.25) is 0 Å². The number of piperidine rings is 1. The molecule has 0 unspecified atom stereocenters. The van der Waals surface area contributed by atoms with Gasteiger partial charge in [-0.15, -0.1) is 0 Å². The third-order valence-corrected chi connectivity index (χ3v) is 3.12. The largest absolute Gasteiger partial charge is 0.480 e. The highest BCUT2D eigenvalue weighted by atomic mass is 16.4. The van der Waals surface area contributed by atoms with Crippen LogP contribution in [0.4, 0.5) is 0 Å². The number of carboxylic acid groups (broad SMARTS) is 1. The molecule has 2 aliphatic rings. The molecule has 0 aromatic rings. The summed E-state index contributed by atoms with van der Waals surface area (Å²) in [7, 11) is 0. The molecule has 0 aromatic heterocycles. The molecule has 0 amide bonds. The van der Waals surface area contributed by atoms with Crippen LogP contribution in [0.25, 0.3) is 0 Å². The van der Waals surface area contributed by atoms with Gasteiger partial charge in [0.05, 0.1) is 0 Å². The molecule has 0 aromatic carbocycles. The van der Waals surface area contributed by atoms with Crippen LogP contribution in [0, 0.1) is 0 Å². The highest BCUT2D eigenvalue weighted by Crippen LogP contribution is 2.30. The van der Waals surface area contributed by atoms with E-state index in [0.29, 0.717) is 6.04 Å². The quantitative estimate of drug-likeness (QED) is 0.638. The Morgan fingerprint density at radius 1 is 1.25 bits per heavy atom. The molecule has 12 heavy (non-hydrogen) atoms. The van der Waals surface area contributed by atoms with Crippen molar-refractivity contribution in [2.45, 2.75) is 44.2 Å². The fourth-order valence-electron chi connectivity index (χ4n) is 2.56. The van der Waals surface area contributed by atoms with E-state index in [4.69, 9.17) is 5.11 Å². The summed E-state index contributed by atoms with van der Waals surface area (Å²) < 4.78 is 0. The average molecular weight is 169 g/mol. The zero-order valence-corrected chi connectivity index (χ0v) is 7.20. The molecule has 1 N–H and O–H groups in total. The molecule has 0 radical (unpaired) electrons. The maximum atomic E-state index is 10.9. The first-order valence-corrected chi connectivity index (χ1v) is 4.77. The van der Waals surface area contributed by atoms with Crippen LogP contribution >= 0.6 is 0 Å². The number of aliphatic carboxylic acids is 1. The van der Waals surface area contributed by atoms with Crippen LogP contribution in [0.5, 0.6) is 0 Å². The van der Waals surface area contributed by atoms with Gasteiger partial charge in [0.15, 0.2) is 0 Å². The third-order valence-electron chi connectivity index (χ3n) is 3.12. The van der Waals surface area contributed by atoms with Crippen LogP contribution < -0.4 is 0 Å². The number of carbonyl (C=O) groups is 1. The Hall–Kier alpha value is -0.570. The average Bonchev–Trinajstić information content (AvgIpc) is 2.49. The van der Waals surface area contributed by atoms with Gasteiger partial charge in [0.25, 0.3) is 0 Å². The molecule has 3 heteroatoms. The Kier molecular flexibility index (Phi) is 2.05. The minimum atomic E-state index is -0.624. The van der Waals surface area contributed by atoms with Crippen LogP contribution in [0.2, 0.25) is 0 Å². The summed E-state index contributed by atoms with van der Waals surface area (Å²) >= 11 is 0. The molecule has 0 saturated carbocycles. The lowest BCUT2D eigenvalue weighted by Gasteiger charge is -2.34. The van der Waals surface area contributed by atoms with Crippen molar-refractivity contribution in [1.82, 2.24) is 4.90 Å². The second-order valence-corrected chi connectivity index (χ2v) is 3.82. The van der Waals surface area contributed by atoms with Crippen molar-refractivity contribution in [3.63, 3.8) is 0 Å². The Labute approximate surface area is 72.4 Å². The zero-order chi connectivity index (χ0) is 8.55. The van der Waals surface area contributed by atoms with Crippen LogP contribution in [0.15, 0.2) is 0 Å². The number of hydrogen-bond donors (Lipinski definition) is 1. The lowest BCUT2D eigenvalue weighted by atomic mass is 9.97. The molecular weight excluding hydrogens is 154 g/mol. The van der Waals surface area contributed by atoms with Crippen LogP contribution in [0.1, 0.15) is 32.1 Å². The van der Waals surface area contributed by atoms with E-state index in [1.54, 1.807) is 0 Å². The summed E-state index contributed by atoms with van der Waals surface area (Å²) in [6.45, 7) is 1.00. The highest BCUT2D eigenvalue weighted by molar-refractivity contribution is 5.73. The molecule has 68 valence electrons. The summed E-state index contributed by atoms with van der Waals surface area (Å²) in [5.41, 5.74) is 0. The lowest BCUT2D eigenvalue weighted by molar-refractivity contribution is -0.145.